The highest BCUT2D eigenvalue weighted by molar-refractivity contribution is 5.86. The van der Waals surface area contributed by atoms with Crippen LogP contribution in [0.15, 0.2) is 36.7 Å². The van der Waals surface area contributed by atoms with E-state index in [4.69, 9.17) is 10.5 Å². The Hall–Kier alpha value is -2.35. The molecule has 2 aromatic heterocycles. The zero-order chi connectivity index (χ0) is 18.8. The number of nitrogens with two attached hydrogens (primary N) is 1. The van der Waals surface area contributed by atoms with Gasteiger partial charge in [0.25, 0.3) is 0 Å². The van der Waals surface area contributed by atoms with Crippen molar-refractivity contribution in [2.45, 2.75) is 25.4 Å². The van der Waals surface area contributed by atoms with Crippen LogP contribution in [0.3, 0.4) is 0 Å². The predicted octanol–water partition coefficient (Wildman–Crippen LogP) is 3.45. The van der Waals surface area contributed by atoms with Crippen LogP contribution in [0.1, 0.15) is 18.4 Å². The number of nitrogens with zero attached hydrogens (tertiary/aromatic N) is 4. The van der Waals surface area contributed by atoms with Crippen molar-refractivity contribution in [3.8, 4) is 11.3 Å². The summed E-state index contributed by atoms with van der Waals surface area (Å²) in [6, 6.07) is 9.17. The van der Waals surface area contributed by atoms with Gasteiger partial charge in [-0.2, -0.15) is 0 Å². The van der Waals surface area contributed by atoms with Gasteiger partial charge in [-0.25, -0.2) is 19.3 Å². The van der Waals surface area contributed by atoms with Gasteiger partial charge in [0.2, 0.25) is 0 Å². The molecule has 6 nitrogen and oxygen atoms in total. The molecule has 0 radical (unpaired) electrons. The fraction of sp³-hybridized carbons (Fsp3) is 0.350. The molecule has 3 heterocycles. The van der Waals surface area contributed by atoms with Gasteiger partial charge in [-0.15, -0.1) is 12.4 Å². The maximum Gasteiger partial charge on any atom is 0.153 e. The number of hydrogen-bond donors (Lipinski definition) is 1. The highest BCUT2D eigenvalue weighted by Crippen LogP contribution is 2.25. The first-order valence-corrected chi connectivity index (χ1v) is 9.05. The Kier molecular flexibility index (Phi) is 6.39. The molecule has 1 fully saturated rings. The molecule has 2 N–H and O–H groups in total. The lowest BCUT2D eigenvalue weighted by atomic mass is 10.0. The Bertz CT molecular complexity index is 964. The maximum absolute atomic E-state index is 14.3. The van der Waals surface area contributed by atoms with Crippen LogP contribution in [0.5, 0.6) is 0 Å². The highest BCUT2D eigenvalue weighted by atomic mass is 35.5. The second-order valence-electron chi connectivity index (χ2n) is 6.93. The third-order valence-corrected chi connectivity index (χ3v) is 5.01. The molecule has 0 aliphatic carbocycles. The molecule has 0 bridgehead atoms. The molecule has 0 amide bonds. The zero-order valence-electron chi connectivity index (χ0n) is 15.6. The molecule has 3 aromatic rings. The smallest absolute Gasteiger partial charge is 0.153 e. The Labute approximate surface area is 169 Å². The summed E-state index contributed by atoms with van der Waals surface area (Å²) >= 11 is 0. The summed E-state index contributed by atoms with van der Waals surface area (Å²) in [5, 5.41) is 0. The van der Waals surface area contributed by atoms with Crippen molar-refractivity contribution < 1.29 is 9.13 Å². The summed E-state index contributed by atoms with van der Waals surface area (Å²) in [6.45, 7) is 2.25. The molecule has 148 valence electrons. The average Bonchev–Trinajstić information content (AvgIpc) is 2.68. The Morgan fingerprint density at radius 1 is 1.18 bits per heavy atom. The van der Waals surface area contributed by atoms with E-state index in [1.807, 2.05) is 18.2 Å². The van der Waals surface area contributed by atoms with E-state index in [2.05, 4.69) is 26.9 Å². The summed E-state index contributed by atoms with van der Waals surface area (Å²) in [7, 11) is 2.08. The van der Waals surface area contributed by atoms with E-state index in [1.165, 1.54) is 12.4 Å². The number of ether oxygens (including phenoxy) is 1. The molecule has 1 aliphatic rings. The van der Waals surface area contributed by atoms with Crippen LogP contribution in [0, 0.1) is 5.82 Å². The number of aromatic nitrogens is 3. The SMILES string of the molecule is CN(Cc1cc(F)cc(-c2ccc3ncnc(N)c3n2)c1)C1CCOCC1.Cl. The van der Waals surface area contributed by atoms with Crippen LogP contribution in [0.2, 0.25) is 0 Å². The van der Waals surface area contributed by atoms with Crippen molar-refractivity contribution in [3.63, 3.8) is 0 Å². The first-order valence-electron chi connectivity index (χ1n) is 9.05. The first-order chi connectivity index (χ1) is 13.1. The van der Waals surface area contributed by atoms with Gasteiger partial charge in [0.15, 0.2) is 5.82 Å². The second kappa shape index (κ2) is 8.77. The van der Waals surface area contributed by atoms with Crippen LogP contribution in [-0.4, -0.2) is 46.2 Å². The van der Waals surface area contributed by atoms with E-state index in [1.54, 1.807) is 6.07 Å². The van der Waals surface area contributed by atoms with Crippen LogP contribution >= 0.6 is 12.4 Å². The zero-order valence-corrected chi connectivity index (χ0v) is 16.5. The molecule has 1 aliphatic heterocycles. The lowest BCUT2D eigenvalue weighted by molar-refractivity contribution is 0.0407. The van der Waals surface area contributed by atoms with Crippen LogP contribution < -0.4 is 5.73 Å². The molecular formula is C20H23ClFN5O. The molecule has 0 saturated carbocycles. The van der Waals surface area contributed by atoms with Gasteiger partial charge >= 0.3 is 0 Å². The van der Waals surface area contributed by atoms with E-state index < -0.39 is 0 Å². The lowest BCUT2D eigenvalue weighted by Gasteiger charge is -2.31. The van der Waals surface area contributed by atoms with Crippen molar-refractivity contribution in [3.05, 3.63) is 48.0 Å². The minimum absolute atomic E-state index is 0. The molecule has 28 heavy (non-hydrogen) atoms. The number of anilines is 1. The van der Waals surface area contributed by atoms with Gasteiger partial charge in [-0.05, 0) is 55.8 Å². The number of rotatable bonds is 4. The van der Waals surface area contributed by atoms with Crippen molar-refractivity contribution >= 4 is 29.3 Å². The number of nitrogen functional groups attached to an aromatic ring is 1. The van der Waals surface area contributed by atoms with Crippen molar-refractivity contribution in [1.82, 2.24) is 19.9 Å². The summed E-state index contributed by atoms with van der Waals surface area (Å²) in [6.07, 6.45) is 3.42. The topological polar surface area (TPSA) is 77.2 Å². The highest BCUT2D eigenvalue weighted by Gasteiger charge is 2.19. The molecule has 1 saturated heterocycles. The summed E-state index contributed by atoms with van der Waals surface area (Å²) < 4.78 is 19.7. The predicted molar refractivity (Wildman–Crippen MR) is 110 cm³/mol. The fourth-order valence-corrected chi connectivity index (χ4v) is 3.55. The van der Waals surface area contributed by atoms with E-state index in [-0.39, 0.29) is 18.2 Å². The van der Waals surface area contributed by atoms with E-state index in [9.17, 15) is 4.39 Å². The molecule has 8 heteroatoms. The van der Waals surface area contributed by atoms with E-state index in [0.29, 0.717) is 35.1 Å². The van der Waals surface area contributed by atoms with Crippen molar-refractivity contribution in [1.29, 1.82) is 0 Å². The third kappa shape index (κ3) is 4.38. The van der Waals surface area contributed by atoms with Crippen LogP contribution in [-0.2, 0) is 11.3 Å². The Morgan fingerprint density at radius 3 is 2.75 bits per heavy atom. The second-order valence-corrected chi connectivity index (χ2v) is 6.93. The first kappa shape index (κ1) is 20.4. The standard InChI is InChI=1S/C20H22FN5O.ClH/c1-26(16-4-6-27-7-5-16)11-13-8-14(10-15(21)9-13)17-2-3-18-19(25-17)20(22)24-12-23-18;/h2-3,8-10,12,16H,4-7,11H2,1H3,(H2,22,23,24);1H. The summed E-state index contributed by atoms with van der Waals surface area (Å²) in [5.74, 6) is 0.0415. The molecular weight excluding hydrogens is 381 g/mol. The number of halogens is 2. The molecule has 0 atom stereocenters. The molecule has 4 rings (SSSR count). The van der Waals surface area contributed by atoms with Gasteiger partial charge < -0.3 is 10.5 Å². The van der Waals surface area contributed by atoms with Gasteiger partial charge in [0.1, 0.15) is 17.7 Å². The maximum atomic E-state index is 14.3. The fourth-order valence-electron chi connectivity index (χ4n) is 3.55. The number of hydrogen-bond acceptors (Lipinski definition) is 6. The Morgan fingerprint density at radius 2 is 1.96 bits per heavy atom. The minimum Gasteiger partial charge on any atom is -0.382 e. The molecule has 1 aromatic carbocycles. The van der Waals surface area contributed by atoms with Gasteiger partial charge in [0, 0.05) is 31.4 Å². The van der Waals surface area contributed by atoms with Crippen molar-refractivity contribution in [2.24, 2.45) is 0 Å². The van der Waals surface area contributed by atoms with Gasteiger partial charge in [-0.3, -0.25) is 4.90 Å². The summed E-state index contributed by atoms with van der Waals surface area (Å²) in [4.78, 5) is 15.0. The molecule has 0 spiro atoms. The average molecular weight is 404 g/mol. The third-order valence-electron chi connectivity index (χ3n) is 5.01. The number of pyridine rings is 1. The van der Waals surface area contributed by atoms with E-state index in [0.717, 1.165) is 37.2 Å². The number of benzene rings is 1. The van der Waals surface area contributed by atoms with Crippen LogP contribution in [0.25, 0.3) is 22.3 Å². The molecule has 0 unspecified atom stereocenters. The number of fused-ring (bicyclic) bond motifs is 1. The quantitative estimate of drug-likeness (QED) is 0.719. The monoisotopic (exact) mass is 403 g/mol. The van der Waals surface area contributed by atoms with Gasteiger partial charge in [-0.1, -0.05) is 0 Å². The summed E-state index contributed by atoms with van der Waals surface area (Å²) in [5.41, 5.74) is 9.39. The normalized spacial score (nSPS) is 15.0. The minimum atomic E-state index is -0.276. The van der Waals surface area contributed by atoms with E-state index >= 15 is 0 Å². The largest absolute Gasteiger partial charge is 0.382 e. The Balaban J connectivity index is 0.00000225. The van der Waals surface area contributed by atoms with Crippen molar-refractivity contribution in [2.75, 3.05) is 26.0 Å². The lowest BCUT2D eigenvalue weighted by Crippen LogP contribution is -2.36. The van der Waals surface area contributed by atoms with Gasteiger partial charge in [0.05, 0.1) is 11.2 Å². The van der Waals surface area contributed by atoms with Crippen LogP contribution in [0.4, 0.5) is 10.2 Å².